The van der Waals surface area contributed by atoms with Crippen LogP contribution in [0.2, 0.25) is 0 Å². The first-order chi connectivity index (χ1) is 10.5. The summed E-state index contributed by atoms with van der Waals surface area (Å²) in [5.41, 5.74) is 0.0764. The maximum absolute atomic E-state index is 12.6. The number of carbonyl (C=O) groups excluding carboxylic acids is 1. The fraction of sp³-hybridized carbons (Fsp3) is 0.625. The molecule has 0 radical (unpaired) electrons. The number of aliphatic hydroxyl groups is 1. The Hall–Kier alpha value is -1.66. The van der Waals surface area contributed by atoms with Gasteiger partial charge in [0, 0.05) is 51.5 Å². The number of ether oxygens (including phenoxy) is 1. The first kappa shape index (κ1) is 16.7. The molecule has 2 heterocycles. The third-order valence-corrected chi connectivity index (χ3v) is 4.45. The second kappa shape index (κ2) is 7.07. The van der Waals surface area contributed by atoms with Crippen molar-refractivity contribution in [3.8, 4) is 0 Å². The molecule has 6 heteroatoms. The number of carbonyl (C=O) groups is 1. The van der Waals surface area contributed by atoms with Gasteiger partial charge in [0.1, 0.15) is 0 Å². The number of rotatable bonds is 5. The molecule has 1 aromatic heterocycles. The Balaban J connectivity index is 2.15. The Morgan fingerprint density at radius 1 is 1.45 bits per heavy atom. The molecule has 1 fully saturated rings. The van der Waals surface area contributed by atoms with E-state index >= 15 is 0 Å². The highest BCUT2D eigenvalue weighted by Crippen LogP contribution is 2.33. The largest absolute Gasteiger partial charge is 0.396 e. The molecule has 122 valence electrons. The lowest BCUT2D eigenvalue weighted by Gasteiger charge is -2.41. The number of aryl methyl sites for hydroxylation is 1. The number of likely N-dealkylation sites (tertiary alicyclic amines) is 1. The van der Waals surface area contributed by atoms with Crippen LogP contribution in [0.15, 0.2) is 23.1 Å². The number of methoxy groups -OCH3 is 1. The molecule has 1 amide bonds. The zero-order chi connectivity index (χ0) is 16.2. The topological polar surface area (TPSA) is 71.8 Å². The molecule has 6 nitrogen and oxygen atoms in total. The Kier molecular flexibility index (Phi) is 5.37. The molecule has 2 rings (SSSR count). The molecule has 1 aliphatic heterocycles. The van der Waals surface area contributed by atoms with Crippen LogP contribution < -0.4 is 5.56 Å². The molecule has 1 N–H and O–H groups in total. The average molecular weight is 308 g/mol. The predicted molar refractivity (Wildman–Crippen MR) is 82.8 cm³/mol. The highest BCUT2D eigenvalue weighted by molar-refractivity contribution is 5.94. The third-order valence-electron chi connectivity index (χ3n) is 4.45. The van der Waals surface area contributed by atoms with Crippen molar-refractivity contribution in [1.82, 2.24) is 9.47 Å². The van der Waals surface area contributed by atoms with Crippen LogP contribution in [0, 0.1) is 5.41 Å². The molecular formula is C16H24N2O4. The Morgan fingerprint density at radius 2 is 2.23 bits per heavy atom. The molecular weight excluding hydrogens is 284 g/mol. The van der Waals surface area contributed by atoms with Crippen molar-refractivity contribution >= 4 is 5.91 Å². The van der Waals surface area contributed by atoms with Gasteiger partial charge in [0.05, 0.1) is 12.2 Å². The van der Waals surface area contributed by atoms with Crippen molar-refractivity contribution in [3.63, 3.8) is 0 Å². The number of amides is 1. The van der Waals surface area contributed by atoms with Gasteiger partial charge in [-0.3, -0.25) is 9.59 Å². The van der Waals surface area contributed by atoms with Gasteiger partial charge in [-0.15, -0.1) is 0 Å². The van der Waals surface area contributed by atoms with E-state index in [1.54, 1.807) is 31.3 Å². The van der Waals surface area contributed by atoms with Crippen molar-refractivity contribution in [2.75, 3.05) is 33.4 Å². The molecule has 0 aromatic carbocycles. The molecule has 22 heavy (non-hydrogen) atoms. The summed E-state index contributed by atoms with van der Waals surface area (Å²) >= 11 is 0. The zero-order valence-corrected chi connectivity index (χ0v) is 13.2. The van der Waals surface area contributed by atoms with Crippen molar-refractivity contribution in [1.29, 1.82) is 0 Å². The number of piperidine rings is 1. The van der Waals surface area contributed by atoms with E-state index in [0.29, 0.717) is 25.3 Å². The molecule has 0 aliphatic carbocycles. The third kappa shape index (κ3) is 3.56. The first-order valence-corrected chi connectivity index (χ1v) is 7.57. The fourth-order valence-corrected chi connectivity index (χ4v) is 3.01. The summed E-state index contributed by atoms with van der Waals surface area (Å²) in [6, 6.07) is 2.97. The molecule has 1 saturated heterocycles. The van der Waals surface area contributed by atoms with Gasteiger partial charge in [0.15, 0.2) is 0 Å². The minimum atomic E-state index is -0.287. The van der Waals surface area contributed by atoms with Crippen molar-refractivity contribution < 1.29 is 14.6 Å². The lowest BCUT2D eigenvalue weighted by atomic mass is 9.78. The van der Waals surface area contributed by atoms with E-state index in [2.05, 4.69) is 0 Å². The van der Waals surface area contributed by atoms with E-state index < -0.39 is 0 Å². The summed E-state index contributed by atoms with van der Waals surface area (Å²) < 4.78 is 6.53. The maximum atomic E-state index is 12.6. The standard InChI is InChI=1S/C16H24N2O4/c1-17-10-13(4-5-14(17)20)15(21)18-8-3-6-16(11-18,12-19)7-9-22-2/h4-5,10,19H,3,6-9,11-12H2,1-2H3/t16-/m1/s1. The molecule has 1 atom stereocenters. The second-order valence-electron chi connectivity index (χ2n) is 6.10. The van der Waals surface area contributed by atoms with Crippen LogP contribution in [-0.4, -0.2) is 53.9 Å². The quantitative estimate of drug-likeness (QED) is 0.866. The molecule has 1 aliphatic rings. The van der Waals surface area contributed by atoms with Gasteiger partial charge in [0.2, 0.25) is 5.56 Å². The van der Waals surface area contributed by atoms with Crippen LogP contribution in [0.5, 0.6) is 0 Å². The van der Waals surface area contributed by atoms with E-state index in [1.807, 2.05) is 0 Å². The van der Waals surface area contributed by atoms with Crippen LogP contribution in [0.1, 0.15) is 29.6 Å². The van der Waals surface area contributed by atoms with E-state index in [0.717, 1.165) is 19.3 Å². The lowest BCUT2D eigenvalue weighted by Crippen LogP contribution is -2.48. The summed E-state index contributed by atoms with van der Waals surface area (Å²) in [6.45, 7) is 1.82. The molecule has 0 spiro atoms. The number of aliphatic hydroxyl groups excluding tert-OH is 1. The second-order valence-corrected chi connectivity index (χ2v) is 6.10. The summed E-state index contributed by atoms with van der Waals surface area (Å²) in [5, 5.41) is 9.78. The van der Waals surface area contributed by atoms with Crippen LogP contribution >= 0.6 is 0 Å². The van der Waals surface area contributed by atoms with Crippen molar-refractivity contribution in [3.05, 3.63) is 34.2 Å². The normalized spacial score (nSPS) is 21.9. The lowest BCUT2D eigenvalue weighted by molar-refractivity contribution is 0.00895. The van der Waals surface area contributed by atoms with E-state index in [1.165, 1.54) is 10.6 Å². The van der Waals surface area contributed by atoms with E-state index in [-0.39, 0.29) is 23.5 Å². The van der Waals surface area contributed by atoms with E-state index in [9.17, 15) is 14.7 Å². The minimum Gasteiger partial charge on any atom is -0.396 e. The highest BCUT2D eigenvalue weighted by atomic mass is 16.5. The predicted octanol–water partition coefficient (Wildman–Crippen LogP) is 0.636. The number of pyridine rings is 1. The zero-order valence-electron chi connectivity index (χ0n) is 13.2. The van der Waals surface area contributed by atoms with Crippen molar-refractivity contribution in [2.45, 2.75) is 19.3 Å². The summed E-state index contributed by atoms with van der Waals surface area (Å²) in [5.74, 6) is -0.0921. The smallest absolute Gasteiger partial charge is 0.255 e. The first-order valence-electron chi connectivity index (χ1n) is 7.57. The molecule has 0 bridgehead atoms. The van der Waals surface area contributed by atoms with Gasteiger partial charge in [0.25, 0.3) is 5.91 Å². The van der Waals surface area contributed by atoms with Crippen LogP contribution in [0.4, 0.5) is 0 Å². The summed E-state index contributed by atoms with van der Waals surface area (Å²) in [4.78, 5) is 25.8. The molecule has 0 unspecified atom stereocenters. The van der Waals surface area contributed by atoms with Crippen LogP contribution in [-0.2, 0) is 11.8 Å². The van der Waals surface area contributed by atoms with Crippen molar-refractivity contribution in [2.24, 2.45) is 12.5 Å². The van der Waals surface area contributed by atoms with Gasteiger partial charge in [-0.25, -0.2) is 0 Å². The summed E-state index contributed by atoms with van der Waals surface area (Å²) in [7, 11) is 3.27. The molecule has 1 aromatic rings. The van der Waals surface area contributed by atoms with Gasteiger partial charge >= 0.3 is 0 Å². The van der Waals surface area contributed by atoms with Gasteiger partial charge in [-0.2, -0.15) is 0 Å². The monoisotopic (exact) mass is 308 g/mol. The maximum Gasteiger partial charge on any atom is 0.255 e. The molecule has 0 saturated carbocycles. The summed E-state index contributed by atoms with van der Waals surface area (Å²) in [6.07, 6.45) is 4.05. The van der Waals surface area contributed by atoms with Crippen LogP contribution in [0.25, 0.3) is 0 Å². The Bertz CT molecular complexity index is 584. The number of hydrogen-bond acceptors (Lipinski definition) is 4. The Labute approximate surface area is 130 Å². The number of aromatic nitrogens is 1. The fourth-order valence-electron chi connectivity index (χ4n) is 3.01. The number of hydrogen-bond donors (Lipinski definition) is 1. The Morgan fingerprint density at radius 3 is 2.86 bits per heavy atom. The SMILES string of the molecule is COCC[C@]1(CO)CCCN(C(=O)c2ccc(=O)n(C)c2)C1. The van der Waals surface area contributed by atoms with E-state index in [4.69, 9.17) is 4.74 Å². The van der Waals surface area contributed by atoms with Gasteiger partial charge in [-0.1, -0.05) is 0 Å². The highest BCUT2D eigenvalue weighted by Gasteiger charge is 2.36. The van der Waals surface area contributed by atoms with Gasteiger partial charge < -0.3 is 19.3 Å². The van der Waals surface area contributed by atoms with Gasteiger partial charge in [-0.05, 0) is 25.3 Å². The average Bonchev–Trinajstić information content (AvgIpc) is 2.55. The van der Waals surface area contributed by atoms with Crippen LogP contribution in [0.3, 0.4) is 0 Å². The number of nitrogens with zero attached hydrogens (tertiary/aromatic N) is 2. The minimum absolute atomic E-state index is 0.0490.